The van der Waals surface area contributed by atoms with Crippen LogP contribution in [0, 0.1) is 0 Å². The molecule has 25 heavy (non-hydrogen) atoms. The minimum Gasteiger partial charge on any atom is -0.491 e. The molecule has 1 aliphatic heterocycles. The minimum absolute atomic E-state index is 0.0658. The maximum Gasteiger partial charge on any atom is 0.238 e. The van der Waals surface area contributed by atoms with Crippen molar-refractivity contribution in [2.45, 2.75) is 25.5 Å². The third kappa shape index (κ3) is 5.89. The number of rotatable bonds is 8. The molecule has 1 heterocycles. The van der Waals surface area contributed by atoms with Gasteiger partial charge in [0.05, 0.1) is 12.6 Å². The Labute approximate surface area is 148 Å². The zero-order valence-electron chi connectivity index (χ0n) is 14.2. The Hall–Kier alpha value is -2.37. The molecule has 3 rings (SSSR count). The van der Waals surface area contributed by atoms with Crippen LogP contribution in [0.1, 0.15) is 18.4 Å². The lowest BCUT2D eigenvalue weighted by molar-refractivity contribution is -0.115. The molecule has 132 valence electrons. The lowest BCUT2D eigenvalue weighted by Gasteiger charge is -2.12. The Kier molecular flexibility index (Phi) is 6.42. The highest BCUT2D eigenvalue weighted by Gasteiger charge is 2.15. The van der Waals surface area contributed by atoms with Crippen LogP contribution in [0.15, 0.2) is 54.6 Å². The molecule has 0 bridgehead atoms. The van der Waals surface area contributed by atoms with Gasteiger partial charge >= 0.3 is 0 Å². The fourth-order valence-corrected chi connectivity index (χ4v) is 2.72. The molecule has 1 atom stereocenters. The first-order valence-electron chi connectivity index (χ1n) is 8.68. The summed E-state index contributed by atoms with van der Waals surface area (Å²) in [5, 5.41) is 6.00. The number of anilines is 1. The molecule has 2 aromatic rings. The fourth-order valence-electron chi connectivity index (χ4n) is 2.72. The summed E-state index contributed by atoms with van der Waals surface area (Å²) < 4.78 is 11.2. The molecule has 0 spiro atoms. The second kappa shape index (κ2) is 9.20. The van der Waals surface area contributed by atoms with Crippen molar-refractivity contribution < 1.29 is 14.3 Å². The van der Waals surface area contributed by atoms with Gasteiger partial charge in [0.15, 0.2) is 0 Å². The Balaban J connectivity index is 1.37. The van der Waals surface area contributed by atoms with E-state index in [4.69, 9.17) is 9.47 Å². The number of ether oxygens (including phenoxy) is 2. The van der Waals surface area contributed by atoms with Gasteiger partial charge in [0.1, 0.15) is 12.4 Å². The van der Waals surface area contributed by atoms with Crippen molar-refractivity contribution in [3.05, 3.63) is 60.2 Å². The summed E-state index contributed by atoms with van der Waals surface area (Å²) in [4.78, 5) is 12.0. The predicted molar refractivity (Wildman–Crippen MR) is 97.7 cm³/mol. The average Bonchev–Trinajstić information content (AvgIpc) is 3.16. The highest BCUT2D eigenvalue weighted by molar-refractivity contribution is 5.92. The maximum absolute atomic E-state index is 12.0. The maximum atomic E-state index is 12.0. The molecule has 0 saturated carbocycles. The standard InChI is InChI=1S/C20H24N2O3/c23-20(14-21-13-16-5-2-1-3-6-16)22-17-8-10-18(11-9-17)25-15-19-7-4-12-24-19/h1-3,5-6,8-11,19,21H,4,7,12-15H2,(H,22,23). The van der Waals surface area contributed by atoms with E-state index in [9.17, 15) is 4.79 Å². The first-order chi connectivity index (χ1) is 12.3. The lowest BCUT2D eigenvalue weighted by atomic mass is 10.2. The van der Waals surface area contributed by atoms with Gasteiger partial charge in [0.25, 0.3) is 0 Å². The van der Waals surface area contributed by atoms with E-state index in [0.29, 0.717) is 13.2 Å². The van der Waals surface area contributed by atoms with Crippen LogP contribution in [-0.2, 0) is 16.1 Å². The van der Waals surface area contributed by atoms with E-state index in [1.165, 1.54) is 0 Å². The van der Waals surface area contributed by atoms with E-state index in [1.807, 2.05) is 54.6 Å². The Morgan fingerprint density at radius 2 is 1.92 bits per heavy atom. The van der Waals surface area contributed by atoms with Crippen LogP contribution in [0.4, 0.5) is 5.69 Å². The van der Waals surface area contributed by atoms with Crippen molar-refractivity contribution >= 4 is 11.6 Å². The number of benzene rings is 2. The number of nitrogens with one attached hydrogen (secondary N) is 2. The topological polar surface area (TPSA) is 59.6 Å². The highest BCUT2D eigenvalue weighted by Crippen LogP contribution is 2.18. The van der Waals surface area contributed by atoms with Gasteiger partial charge in [-0.05, 0) is 42.7 Å². The van der Waals surface area contributed by atoms with E-state index in [1.54, 1.807) is 0 Å². The molecule has 1 aliphatic rings. The fraction of sp³-hybridized carbons (Fsp3) is 0.350. The van der Waals surface area contributed by atoms with Crippen molar-refractivity contribution in [3.63, 3.8) is 0 Å². The number of hydrogen-bond acceptors (Lipinski definition) is 4. The molecule has 0 aromatic heterocycles. The molecular formula is C20H24N2O3. The second-order valence-electron chi connectivity index (χ2n) is 6.11. The van der Waals surface area contributed by atoms with Crippen LogP contribution in [-0.4, -0.2) is 31.8 Å². The van der Waals surface area contributed by atoms with Gasteiger partial charge in [-0.3, -0.25) is 4.79 Å². The van der Waals surface area contributed by atoms with Gasteiger partial charge < -0.3 is 20.1 Å². The van der Waals surface area contributed by atoms with Gasteiger partial charge in [-0.1, -0.05) is 30.3 Å². The van der Waals surface area contributed by atoms with Crippen LogP contribution in [0.3, 0.4) is 0 Å². The number of amides is 1. The summed E-state index contributed by atoms with van der Waals surface area (Å²) in [5.41, 5.74) is 1.92. The quantitative estimate of drug-likeness (QED) is 0.776. The average molecular weight is 340 g/mol. The van der Waals surface area contributed by atoms with Crippen molar-refractivity contribution in [2.24, 2.45) is 0 Å². The van der Waals surface area contributed by atoms with Crippen LogP contribution in [0.5, 0.6) is 5.75 Å². The third-order valence-corrected chi connectivity index (χ3v) is 4.06. The van der Waals surface area contributed by atoms with Crippen molar-refractivity contribution in [1.29, 1.82) is 0 Å². The van der Waals surface area contributed by atoms with Gasteiger partial charge in [0, 0.05) is 18.8 Å². The molecule has 1 unspecified atom stereocenters. The molecule has 0 radical (unpaired) electrons. The van der Waals surface area contributed by atoms with E-state index in [2.05, 4.69) is 10.6 Å². The number of carbonyl (C=O) groups excluding carboxylic acids is 1. The predicted octanol–water partition coefficient (Wildman–Crippen LogP) is 2.97. The summed E-state index contributed by atoms with van der Waals surface area (Å²) in [6.07, 6.45) is 2.37. The second-order valence-corrected chi connectivity index (χ2v) is 6.11. The van der Waals surface area contributed by atoms with Crippen LogP contribution in [0.25, 0.3) is 0 Å². The SMILES string of the molecule is O=C(CNCc1ccccc1)Nc1ccc(OCC2CCCO2)cc1. The molecular weight excluding hydrogens is 316 g/mol. The third-order valence-electron chi connectivity index (χ3n) is 4.06. The van der Waals surface area contributed by atoms with Crippen LogP contribution >= 0.6 is 0 Å². The largest absolute Gasteiger partial charge is 0.491 e. The molecule has 1 amide bonds. The number of carbonyl (C=O) groups is 1. The summed E-state index contributed by atoms with van der Waals surface area (Å²) in [7, 11) is 0. The zero-order valence-corrected chi connectivity index (χ0v) is 14.2. The molecule has 5 nitrogen and oxygen atoms in total. The van der Waals surface area contributed by atoms with E-state index in [0.717, 1.165) is 36.4 Å². The van der Waals surface area contributed by atoms with Gasteiger partial charge in [-0.2, -0.15) is 0 Å². The molecule has 1 saturated heterocycles. The van der Waals surface area contributed by atoms with Crippen LogP contribution < -0.4 is 15.4 Å². The van der Waals surface area contributed by atoms with E-state index in [-0.39, 0.29) is 18.6 Å². The van der Waals surface area contributed by atoms with Crippen molar-refractivity contribution in [2.75, 3.05) is 25.1 Å². The Morgan fingerprint density at radius 3 is 2.64 bits per heavy atom. The summed E-state index contributed by atoms with van der Waals surface area (Å²) in [5.74, 6) is 0.722. The number of hydrogen-bond donors (Lipinski definition) is 2. The molecule has 1 fully saturated rings. The van der Waals surface area contributed by atoms with Gasteiger partial charge in [-0.25, -0.2) is 0 Å². The van der Waals surface area contributed by atoms with Crippen molar-refractivity contribution in [1.82, 2.24) is 5.32 Å². The van der Waals surface area contributed by atoms with E-state index >= 15 is 0 Å². The molecule has 2 N–H and O–H groups in total. The smallest absolute Gasteiger partial charge is 0.238 e. The summed E-state index contributed by atoms with van der Waals surface area (Å²) in [6, 6.07) is 17.4. The zero-order chi connectivity index (χ0) is 17.3. The Morgan fingerprint density at radius 1 is 1.12 bits per heavy atom. The van der Waals surface area contributed by atoms with Gasteiger partial charge in [0.2, 0.25) is 5.91 Å². The summed E-state index contributed by atoms with van der Waals surface area (Å²) in [6.45, 7) is 2.35. The normalized spacial score (nSPS) is 16.6. The minimum atomic E-state index is -0.0658. The molecule has 2 aromatic carbocycles. The Bertz CT molecular complexity index is 652. The van der Waals surface area contributed by atoms with Gasteiger partial charge in [-0.15, -0.1) is 0 Å². The monoisotopic (exact) mass is 340 g/mol. The first kappa shape index (κ1) is 17.5. The van der Waals surface area contributed by atoms with Crippen LogP contribution in [0.2, 0.25) is 0 Å². The van der Waals surface area contributed by atoms with E-state index < -0.39 is 0 Å². The molecule has 0 aliphatic carbocycles. The summed E-state index contributed by atoms with van der Waals surface area (Å²) >= 11 is 0. The highest BCUT2D eigenvalue weighted by atomic mass is 16.5. The lowest BCUT2D eigenvalue weighted by Crippen LogP contribution is -2.27. The first-order valence-corrected chi connectivity index (χ1v) is 8.68. The van der Waals surface area contributed by atoms with Crippen molar-refractivity contribution in [3.8, 4) is 5.75 Å². The molecule has 5 heteroatoms.